The Bertz CT molecular complexity index is 647. The van der Waals surface area contributed by atoms with Gasteiger partial charge in [0.25, 0.3) is 0 Å². The molecule has 2 aromatic rings. The van der Waals surface area contributed by atoms with Crippen molar-refractivity contribution in [3.8, 4) is 5.69 Å². The standard InChI is InChI=1S/C17H24N4OS/c1-5-14-8-10-15(11-9-14)21-13(4)18-19-17(21)23-12-16(22)20(6-2)7-3/h8-11H,5-7,12H2,1-4H3. The first kappa shape index (κ1) is 17.5. The molecule has 2 rings (SSSR count). The molecule has 0 N–H and O–H groups in total. The van der Waals surface area contributed by atoms with Crippen molar-refractivity contribution in [1.82, 2.24) is 19.7 Å². The summed E-state index contributed by atoms with van der Waals surface area (Å²) in [5.74, 6) is 1.34. The Labute approximate surface area is 142 Å². The molecule has 124 valence electrons. The van der Waals surface area contributed by atoms with E-state index in [0.717, 1.165) is 36.2 Å². The summed E-state index contributed by atoms with van der Waals surface area (Å²) in [6.45, 7) is 9.53. The molecule has 23 heavy (non-hydrogen) atoms. The predicted molar refractivity (Wildman–Crippen MR) is 94.1 cm³/mol. The fraction of sp³-hybridized carbons (Fsp3) is 0.471. The molecule has 0 saturated carbocycles. The Morgan fingerprint density at radius 3 is 2.35 bits per heavy atom. The van der Waals surface area contributed by atoms with Crippen LogP contribution < -0.4 is 0 Å². The van der Waals surface area contributed by atoms with Crippen LogP contribution in [0.3, 0.4) is 0 Å². The fourth-order valence-corrected chi connectivity index (χ4v) is 3.31. The lowest BCUT2D eigenvalue weighted by molar-refractivity contribution is -0.127. The molecule has 0 saturated heterocycles. The summed E-state index contributed by atoms with van der Waals surface area (Å²) in [5, 5.41) is 9.15. The van der Waals surface area contributed by atoms with Gasteiger partial charge < -0.3 is 4.90 Å². The molecular weight excluding hydrogens is 308 g/mol. The van der Waals surface area contributed by atoms with Crippen LogP contribution in [0.1, 0.15) is 32.2 Å². The lowest BCUT2D eigenvalue weighted by Crippen LogP contribution is -2.31. The van der Waals surface area contributed by atoms with Crippen LogP contribution >= 0.6 is 11.8 Å². The molecule has 0 bridgehead atoms. The van der Waals surface area contributed by atoms with Gasteiger partial charge in [-0.2, -0.15) is 0 Å². The number of aromatic nitrogens is 3. The zero-order valence-electron chi connectivity index (χ0n) is 14.2. The second-order valence-corrected chi connectivity index (χ2v) is 6.18. The van der Waals surface area contributed by atoms with Gasteiger partial charge in [-0.1, -0.05) is 30.8 Å². The van der Waals surface area contributed by atoms with Crippen LogP contribution in [0.25, 0.3) is 5.69 Å². The average molecular weight is 332 g/mol. The summed E-state index contributed by atoms with van der Waals surface area (Å²) in [6, 6.07) is 8.38. The number of amides is 1. The summed E-state index contributed by atoms with van der Waals surface area (Å²) in [5.41, 5.74) is 2.33. The molecule has 1 aromatic heterocycles. The second kappa shape index (κ2) is 8.15. The predicted octanol–water partition coefficient (Wildman–Crippen LogP) is 3.10. The van der Waals surface area contributed by atoms with Gasteiger partial charge in [0.2, 0.25) is 5.91 Å². The lowest BCUT2D eigenvalue weighted by Gasteiger charge is -2.18. The van der Waals surface area contributed by atoms with Crippen molar-refractivity contribution in [2.75, 3.05) is 18.8 Å². The van der Waals surface area contributed by atoms with Gasteiger partial charge in [0.15, 0.2) is 5.16 Å². The Balaban J connectivity index is 2.16. The maximum absolute atomic E-state index is 12.2. The molecule has 5 nitrogen and oxygen atoms in total. The number of nitrogens with zero attached hydrogens (tertiary/aromatic N) is 4. The average Bonchev–Trinajstić information content (AvgIpc) is 2.95. The van der Waals surface area contributed by atoms with Gasteiger partial charge in [-0.15, -0.1) is 10.2 Å². The Kier molecular flexibility index (Phi) is 6.21. The van der Waals surface area contributed by atoms with Crippen LogP contribution in [0.15, 0.2) is 29.4 Å². The van der Waals surface area contributed by atoms with Crippen molar-refractivity contribution < 1.29 is 4.79 Å². The minimum absolute atomic E-state index is 0.133. The van der Waals surface area contributed by atoms with Crippen molar-refractivity contribution >= 4 is 17.7 Å². The SMILES string of the molecule is CCc1ccc(-n2c(C)nnc2SCC(=O)N(CC)CC)cc1. The van der Waals surface area contributed by atoms with E-state index in [-0.39, 0.29) is 5.91 Å². The molecule has 0 radical (unpaired) electrons. The van der Waals surface area contributed by atoms with Gasteiger partial charge in [-0.25, -0.2) is 0 Å². The van der Waals surface area contributed by atoms with Crippen molar-refractivity contribution in [1.29, 1.82) is 0 Å². The molecule has 0 atom stereocenters. The molecule has 6 heteroatoms. The van der Waals surface area contributed by atoms with E-state index in [0.29, 0.717) is 5.75 Å². The van der Waals surface area contributed by atoms with E-state index in [1.807, 2.05) is 30.2 Å². The van der Waals surface area contributed by atoms with Gasteiger partial charge in [0.1, 0.15) is 5.82 Å². The van der Waals surface area contributed by atoms with Gasteiger partial charge in [0.05, 0.1) is 5.75 Å². The number of hydrogen-bond donors (Lipinski definition) is 0. The van der Waals surface area contributed by atoms with Crippen LogP contribution in [0.4, 0.5) is 0 Å². The maximum Gasteiger partial charge on any atom is 0.233 e. The number of aryl methyl sites for hydroxylation is 2. The van der Waals surface area contributed by atoms with Crippen LogP contribution in [0, 0.1) is 6.92 Å². The maximum atomic E-state index is 12.2. The minimum atomic E-state index is 0.133. The Morgan fingerprint density at radius 1 is 1.13 bits per heavy atom. The van der Waals surface area contributed by atoms with E-state index in [1.165, 1.54) is 17.3 Å². The molecule has 1 heterocycles. The topological polar surface area (TPSA) is 51.0 Å². The first-order valence-electron chi connectivity index (χ1n) is 8.02. The largest absolute Gasteiger partial charge is 0.343 e. The molecule has 1 aromatic carbocycles. The van der Waals surface area contributed by atoms with Crippen molar-refractivity contribution in [2.24, 2.45) is 0 Å². The summed E-state index contributed by atoms with van der Waals surface area (Å²) >= 11 is 1.44. The van der Waals surface area contributed by atoms with Crippen LogP contribution in [-0.2, 0) is 11.2 Å². The van der Waals surface area contributed by atoms with Gasteiger partial charge in [-0.3, -0.25) is 9.36 Å². The zero-order chi connectivity index (χ0) is 16.8. The van der Waals surface area contributed by atoms with Gasteiger partial charge >= 0.3 is 0 Å². The lowest BCUT2D eigenvalue weighted by atomic mass is 10.1. The van der Waals surface area contributed by atoms with E-state index < -0.39 is 0 Å². The molecule has 0 unspecified atom stereocenters. The highest BCUT2D eigenvalue weighted by molar-refractivity contribution is 7.99. The van der Waals surface area contributed by atoms with E-state index in [2.05, 4.69) is 41.4 Å². The Morgan fingerprint density at radius 2 is 1.78 bits per heavy atom. The first-order valence-corrected chi connectivity index (χ1v) is 9.01. The summed E-state index contributed by atoms with van der Waals surface area (Å²) in [4.78, 5) is 14.0. The third-order valence-electron chi connectivity index (χ3n) is 3.84. The molecule has 0 aliphatic carbocycles. The number of hydrogen-bond acceptors (Lipinski definition) is 4. The normalized spacial score (nSPS) is 10.8. The van der Waals surface area contributed by atoms with Crippen LogP contribution in [0.5, 0.6) is 0 Å². The van der Waals surface area contributed by atoms with Gasteiger partial charge in [0, 0.05) is 18.8 Å². The summed E-state index contributed by atoms with van der Waals surface area (Å²) < 4.78 is 2.00. The monoisotopic (exact) mass is 332 g/mol. The van der Waals surface area contributed by atoms with E-state index in [4.69, 9.17) is 0 Å². The second-order valence-electron chi connectivity index (χ2n) is 5.24. The van der Waals surface area contributed by atoms with Crippen LogP contribution in [0.2, 0.25) is 0 Å². The number of carbonyl (C=O) groups excluding carboxylic acids is 1. The highest BCUT2D eigenvalue weighted by atomic mass is 32.2. The number of benzene rings is 1. The van der Waals surface area contributed by atoms with Gasteiger partial charge in [-0.05, 0) is 44.9 Å². The first-order chi connectivity index (χ1) is 11.1. The number of thioether (sulfide) groups is 1. The summed E-state index contributed by atoms with van der Waals surface area (Å²) in [7, 11) is 0. The van der Waals surface area contributed by atoms with Crippen molar-refractivity contribution in [3.05, 3.63) is 35.7 Å². The smallest absolute Gasteiger partial charge is 0.233 e. The highest BCUT2D eigenvalue weighted by Gasteiger charge is 2.15. The Hall–Kier alpha value is -1.82. The van der Waals surface area contributed by atoms with E-state index >= 15 is 0 Å². The van der Waals surface area contributed by atoms with E-state index in [1.54, 1.807) is 0 Å². The third kappa shape index (κ3) is 4.13. The van der Waals surface area contributed by atoms with E-state index in [9.17, 15) is 4.79 Å². The van der Waals surface area contributed by atoms with Crippen molar-refractivity contribution in [2.45, 2.75) is 39.3 Å². The molecular formula is C17H24N4OS. The molecule has 1 amide bonds. The highest BCUT2D eigenvalue weighted by Crippen LogP contribution is 2.22. The number of carbonyl (C=O) groups is 1. The van der Waals surface area contributed by atoms with Crippen LogP contribution in [-0.4, -0.2) is 44.4 Å². The zero-order valence-corrected chi connectivity index (χ0v) is 15.1. The molecule has 0 aliphatic rings. The number of rotatable bonds is 7. The minimum Gasteiger partial charge on any atom is -0.343 e. The van der Waals surface area contributed by atoms with Crippen molar-refractivity contribution in [3.63, 3.8) is 0 Å². The summed E-state index contributed by atoms with van der Waals surface area (Å²) in [6.07, 6.45) is 1.02. The molecule has 0 spiro atoms. The quantitative estimate of drug-likeness (QED) is 0.731. The fourth-order valence-electron chi connectivity index (χ4n) is 2.41. The third-order valence-corrected chi connectivity index (χ3v) is 4.75. The molecule has 0 fully saturated rings. The molecule has 0 aliphatic heterocycles.